The summed E-state index contributed by atoms with van der Waals surface area (Å²) in [6, 6.07) is 7.87. The number of amides is 2. The lowest BCUT2D eigenvalue weighted by atomic mass is 10.0. The van der Waals surface area contributed by atoms with E-state index in [0.29, 0.717) is 5.56 Å². The Morgan fingerprint density at radius 1 is 1.32 bits per heavy atom. The van der Waals surface area contributed by atoms with Crippen LogP contribution in [0.15, 0.2) is 36.7 Å². The van der Waals surface area contributed by atoms with E-state index in [1.807, 2.05) is 0 Å². The molecule has 1 aromatic heterocycles. The third-order valence-corrected chi connectivity index (χ3v) is 4.13. The first-order valence-corrected chi connectivity index (χ1v) is 7.82. The van der Waals surface area contributed by atoms with Crippen molar-refractivity contribution in [3.05, 3.63) is 53.6 Å². The molecule has 1 aliphatic heterocycles. The number of methoxy groups -OCH3 is 1. The second-order valence-corrected chi connectivity index (χ2v) is 5.64. The highest BCUT2D eigenvalue weighted by Gasteiger charge is 2.36. The van der Waals surface area contributed by atoms with Crippen LogP contribution < -0.4 is 5.32 Å². The molecule has 2 aromatic rings. The summed E-state index contributed by atoms with van der Waals surface area (Å²) in [5.41, 5.74) is 1.99. The Kier molecular flexibility index (Phi) is 4.78. The van der Waals surface area contributed by atoms with Crippen molar-refractivity contribution >= 4 is 17.8 Å². The molecule has 1 aliphatic rings. The predicted octanol–water partition coefficient (Wildman–Crippen LogP) is 0.266. The summed E-state index contributed by atoms with van der Waals surface area (Å²) in [6.07, 6.45) is 1.81. The van der Waals surface area contributed by atoms with E-state index in [1.54, 1.807) is 30.3 Å². The molecular formula is C17H18N4O4. The fraction of sp³-hybridized carbons (Fsp3) is 0.294. The number of hydrogen-bond donors (Lipinski definition) is 2. The van der Waals surface area contributed by atoms with Crippen molar-refractivity contribution in [3.63, 3.8) is 0 Å². The molecular weight excluding hydrogens is 324 g/mol. The molecule has 1 atom stereocenters. The molecule has 0 aliphatic carbocycles. The molecule has 0 bridgehead atoms. The zero-order valence-electron chi connectivity index (χ0n) is 13.7. The summed E-state index contributed by atoms with van der Waals surface area (Å²) in [5, 5.41) is 2.58. The van der Waals surface area contributed by atoms with Gasteiger partial charge in [-0.15, -0.1) is 0 Å². The quantitative estimate of drug-likeness (QED) is 0.776. The summed E-state index contributed by atoms with van der Waals surface area (Å²) in [5.74, 6) is -1.21. The number of imidazole rings is 1. The van der Waals surface area contributed by atoms with Gasteiger partial charge in [-0.25, -0.2) is 9.78 Å². The third kappa shape index (κ3) is 3.52. The molecule has 2 amide bonds. The van der Waals surface area contributed by atoms with Crippen LogP contribution in [0.25, 0.3) is 0 Å². The van der Waals surface area contributed by atoms with Gasteiger partial charge in [-0.2, -0.15) is 0 Å². The van der Waals surface area contributed by atoms with E-state index in [-0.39, 0.29) is 31.3 Å². The van der Waals surface area contributed by atoms with Crippen molar-refractivity contribution in [1.82, 2.24) is 20.2 Å². The van der Waals surface area contributed by atoms with Crippen molar-refractivity contribution in [2.24, 2.45) is 0 Å². The number of nitrogens with zero attached hydrogens (tertiary/aromatic N) is 2. The Morgan fingerprint density at radius 2 is 2.08 bits per heavy atom. The Morgan fingerprint density at radius 3 is 2.80 bits per heavy atom. The highest BCUT2D eigenvalue weighted by molar-refractivity contribution is 5.97. The summed E-state index contributed by atoms with van der Waals surface area (Å²) in [6.45, 7) is 0.0137. The van der Waals surface area contributed by atoms with Gasteiger partial charge in [0.15, 0.2) is 0 Å². The number of fused-ring (bicyclic) bond motifs is 1. The molecule has 2 N–H and O–H groups in total. The second-order valence-electron chi connectivity index (χ2n) is 5.64. The monoisotopic (exact) mass is 342 g/mol. The number of aromatic amines is 1. The smallest absolute Gasteiger partial charge is 0.329 e. The molecule has 130 valence electrons. The van der Waals surface area contributed by atoms with Gasteiger partial charge in [0.2, 0.25) is 5.91 Å². The van der Waals surface area contributed by atoms with Crippen LogP contribution >= 0.6 is 0 Å². The number of rotatable bonds is 4. The highest BCUT2D eigenvalue weighted by Crippen LogP contribution is 2.21. The van der Waals surface area contributed by atoms with Crippen LogP contribution in [0.3, 0.4) is 0 Å². The second kappa shape index (κ2) is 7.16. The molecule has 0 fully saturated rings. The summed E-state index contributed by atoms with van der Waals surface area (Å²) in [7, 11) is 1.28. The van der Waals surface area contributed by atoms with Crippen molar-refractivity contribution < 1.29 is 19.1 Å². The SMILES string of the molecule is COC(=O)C1Cc2nc[nH]c2CN1C(=O)CNC(=O)c1ccccc1. The molecule has 3 rings (SSSR count). The standard InChI is InChI=1S/C17H18N4O4/c1-25-17(24)14-7-12-13(20-10-19-12)9-21(14)15(22)8-18-16(23)11-5-3-2-4-6-11/h2-6,10,14H,7-9H2,1H3,(H,18,23)(H,19,20). The number of ether oxygens (including phenoxy) is 1. The topological polar surface area (TPSA) is 104 Å². The average Bonchev–Trinajstić information content (AvgIpc) is 3.12. The molecule has 0 spiro atoms. The minimum absolute atomic E-state index is 0.204. The number of nitrogens with one attached hydrogen (secondary N) is 2. The summed E-state index contributed by atoms with van der Waals surface area (Å²) < 4.78 is 4.80. The Hall–Kier alpha value is -3.16. The molecule has 8 nitrogen and oxygen atoms in total. The summed E-state index contributed by atoms with van der Waals surface area (Å²) in [4.78, 5) is 45.2. The van der Waals surface area contributed by atoms with Gasteiger partial charge in [0, 0.05) is 12.0 Å². The Labute approximate surface area is 144 Å². The van der Waals surface area contributed by atoms with Gasteiger partial charge >= 0.3 is 5.97 Å². The van der Waals surface area contributed by atoms with Crippen LogP contribution in [-0.4, -0.2) is 52.3 Å². The maximum Gasteiger partial charge on any atom is 0.329 e. The molecule has 0 saturated carbocycles. The maximum atomic E-state index is 12.6. The number of H-pyrrole nitrogens is 1. The van der Waals surface area contributed by atoms with Crippen LogP contribution in [-0.2, 0) is 27.3 Å². The van der Waals surface area contributed by atoms with Gasteiger partial charge in [-0.1, -0.05) is 18.2 Å². The van der Waals surface area contributed by atoms with Gasteiger partial charge < -0.3 is 19.9 Å². The average molecular weight is 342 g/mol. The normalized spacial score (nSPS) is 16.0. The first-order chi connectivity index (χ1) is 12.1. The summed E-state index contributed by atoms with van der Waals surface area (Å²) >= 11 is 0. The molecule has 8 heteroatoms. The van der Waals surface area contributed by atoms with Crippen LogP contribution in [0, 0.1) is 0 Å². The molecule has 1 aromatic carbocycles. The first kappa shape index (κ1) is 16.7. The first-order valence-electron chi connectivity index (χ1n) is 7.82. The molecule has 2 heterocycles. The third-order valence-electron chi connectivity index (χ3n) is 4.13. The number of aromatic nitrogens is 2. The fourth-order valence-electron chi connectivity index (χ4n) is 2.79. The van der Waals surface area contributed by atoms with E-state index in [2.05, 4.69) is 15.3 Å². The van der Waals surface area contributed by atoms with Gasteiger partial charge in [-0.3, -0.25) is 9.59 Å². The van der Waals surface area contributed by atoms with Crippen LogP contribution in [0.2, 0.25) is 0 Å². The van der Waals surface area contributed by atoms with Crippen molar-refractivity contribution in [3.8, 4) is 0 Å². The number of carbonyl (C=O) groups is 3. The zero-order chi connectivity index (χ0) is 17.8. The van der Waals surface area contributed by atoms with Gasteiger partial charge in [0.25, 0.3) is 5.91 Å². The number of carbonyl (C=O) groups excluding carboxylic acids is 3. The van der Waals surface area contributed by atoms with E-state index < -0.39 is 12.0 Å². The van der Waals surface area contributed by atoms with E-state index in [1.165, 1.54) is 18.3 Å². The maximum absolute atomic E-state index is 12.6. The van der Waals surface area contributed by atoms with Crippen molar-refractivity contribution in [2.75, 3.05) is 13.7 Å². The molecule has 1 unspecified atom stereocenters. The van der Waals surface area contributed by atoms with Crippen LogP contribution in [0.5, 0.6) is 0 Å². The van der Waals surface area contributed by atoms with E-state index in [0.717, 1.165) is 11.4 Å². The lowest BCUT2D eigenvalue weighted by Gasteiger charge is -2.33. The molecule has 25 heavy (non-hydrogen) atoms. The van der Waals surface area contributed by atoms with Gasteiger partial charge in [0.1, 0.15) is 6.04 Å². The van der Waals surface area contributed by atoms with E-state index in [9.17, 15) is 14.4 Å². The van der Waals surface area contributed by atoms with Crippen molar-refractivity contribution in [2.45, 2.75) is 19.0 Å². The van der Waals surface area contributed by atoms with Crippen molar-refractivity contribution in [1.29, 1.82) is 0 Å². The number of esters is 1. The van der Waals surface area contributed by atoms with Gasteiger partial charge in [-0.05, 0) is 12.1 Å². The lowest BCUT2D eigenvalue weighted by Crippen LogP contribution is -2.52. The highest BCUT2D eigenvalue weighted by atomic mass is 16.5. The largest absolute Gasteiger partial charge is 0.467 e. The molecule has 0 radical (unpaired) electrons. The number of hydrogen-bond acceptors (Lipinski definition) is 5. The fourth-order valence-corrected chi connectivity index (χ4v) is 2.79. The minimum atomic E-state index is -0.748. The molecule has 0 saturated heterocycles. The zero-order valence-corrected chi connectivity index (χ0v) is 13.7. The van der Waals surface area contributed by atoms with E-state index in [4.69, 9.17) is 4.74 Å². The predicted molar refractivity (Wildman–Crippen MR) is 87.4 cm³/mol. The van der Waals surface area contributed by atoms with E-state index >= 15 is 0 Å². The van der Waals surface area contributed by atoms with Gasteiger partial charge in [0.05, 0.1) is 37.9 Å². The Bertz CT molecular complexity index is 787. The van der Waals surface area contributed by atoms with Crippen LogP contribution in [0.1, 0.15) is 21.7 Å². The van der Waals surface area contributed by atoms with Crippen LogP contribution in [0.4, 0.5) is 0 Å². The minimum Gasteiger partial charge on any atom is -0.467 e. The Balaban J connectivity index is 1.69. The number of benzene rings is 1. The lowest BCUT2D eigenvalue weighted by molar-refractivity contribution is -0.153.